The molecular weight excluding hydrogens is 516 g/mol. The van der Waals surface area contributed by atoms with Gasteiger partial charge in [-0.1, -0.05) is 31.2 Å². The average molecular weight is 535 g/mol. The third kappa shape index (κ3) is 6.21. The van der Waals surface area contributed by atoms with Crippen molar-refractivity contribution >= 4 is 48.6 Å². The molecule has 0 aliphatic heterocycles. The van der Waals surface area contributed by atoms with Crippen LogP contribution in [0.15, 0.2) is 64.2 Å². The van der Waals surface area contributed by atoms with Gasteiger partial charge < -0.3 is 8.92 Å². The number of nitrogens with one attached hydrogen (secondary N) is 1. The Morgan fingerprint density at radius 3 is 2.49 bits per heavy atom. The van der Waals surface area contributed by atoms with Gasteiger partial charge in [0.25, 0.3) is 11.1 Å². The molecule has 0 unspecified atom stereocenters. The van der Waals surface area contributed by atoms with Crippen molar-refractivity contribution in [3.8, 4) is 17.6 Å². The number of nitrogens with zero attached hydrogens (tertiary/aromatic N) is 3. The summed E-state index contributed by atoms with van der Waals surface area (Å²) in [6, 6.07) is 13.4. The van der Waals surface area contributed by atoms with Crippen molar-refractivity contribution in [2.24, 2.45) is 0 Å². The molecule has 0 aliphatic rings. The zero-order valence-electron chi connectivity index (χ0n) is 18.3. The lowest BCUT2D eigenvalue weighted by atomic mass is 10.1. The van der Waals surface area contributed by atoms with E-state index in [1.54, 1.807) is 24.3 Å². The number of rotatable bonds is 9. The number of carbonyl (C=O) groups excluding carboxylic acids is 1. The van der Waals surface area contributed by atoms with Gasteiger partial charge >= 0.3 is 10.1 Å². The van der Waals surface area contributed by atoms with Crippen LogP contribution in [0, 0.1) is 11.3 Å². The number of sulfone groups is 1. The maximum Gasteiger partial charge on any atom is 0.339 e. The highest BCUT2D eigenvalue weighted by atomic mass is 32.2. The Hall–Kier alpha value is -3.80. The second kappa shape index (κ2) is 10.6. The fourth-order valence-electron chi connectivity index (χ4n) is 2.59. The van der Waals surface area contributed by atoms with Crippen LogP contribution >= 0.6 is 11.5 Å². The van der Waals surface area contributed by atoms with Crippen LogP contribution in [0.2, 0.25) is 0 Å². The number of amides is 1. The zero-order chi connectivity index (χ0) is 25.6. The number of anilines is 1. The molecule has 1 N–H and O–H groups in total. The highest BCUT2D eigenvalue weighted by Crippen LogP contribution is 2.31. The Morgan fingerprint density at radius 1 is 1.14 bits per heavy atom. The Balaban J connectivity index is 1.82. The summed E-state index contributed by atoms with van der Waals surface area (Å²) in [7, 11) is -6.45. The van der Waals surface area contributed by atoms with E-state index in [1.807, 2.05) is 0 Å². The molecule has 0 radical (unpaired) electrons. The van der Waals surface area contributed by atoms with Crippen LogP contribution in [0.1, 0.15) is 12.5 Å². The Kier molecular flexibility index (Phi) is 7.85. The topological polar surface area (TPSA) is 165 Å². The third-order valence-electron chi connectivity index (χ3n) is 4.38. The van der Waals surface area contributed by atoms with Gasteiger partial charge in [0.15, 0.2) is 11.5 Å². The summed E-state index contributed by atoms with van der Waals surface area (Å²) in [5.74, 6) is -1.08. The van der Waals surface area contributed by atoms with E-state index in [-0.39, 0.29) is 32.9 Å². The summed E-state index contributed by atoms with van der Waals surface area (Å²) in [5, 5.41) is 11.3. The molecule has 1 heterocycles. The van der Waals surface area contributed by atoms with Crippen LogP contribution in [0.25, 0.3) is 6.08 Å². The Labute approximate surface area is 205 Å². The van der Waals surface area contributed by atoms with Gasteiger partial charge in [-0.3, -0.25) is 10.1 Å². The van der Waals surface area contributed by atoms with E-state index < -0.39 is 31.0 Å². The van der Waals surface area contributed by atoms with E-state index in [0.29, 0.717) is 17.1 Å². The molecule has 14 heteroatoms. The van der Waals surface area contributed by atoms with Gasteiger partial charge in [-0.05, 0) is 35.9 Å². The van der Waals surface area contributed by atoms with E-state index in [0.717, 1.165) is 0 Å². The number of methoxy groups -OCH3 is 1. The Morgan fingerprint density at radius 2 is 1.86 bits per heavy atom. The van der Waals surface area contributed by atoms with Crippen molar-refractivity contribution in [1.82, 2.24) is 9.36 Å². The molecule has 0 saturated heterocycles. The van der Waals surface area contributed by atoms with E-state index in [9.17, 15) is 26.9 Å². The van der Waals surface area contributed by atoms with Crippen molar-refractivity contribution in [3.05, 3.63) is 59.7 Å². The first kappa shape index (κ1) is 25.8. The van der Waals surface area contributed by atoms with Crippen LogP contribution in [0.5, 0.6) is 11.5 Å². The minimum Gasteiger partial charge on any atom is -0.493 e. The SMILES string of the molecule is CCS(=O)(=O)c1nsc(NC(=O)C(C#N)=Cc2ccc(OS(=O)(=O)c3ccccc3)c(OC)c2)n1. The molecule has 2 aromatic carbocycles. The van der Waals surface area contributed by atoms with Crippen molar-refractivity contribution in [2.45, 2.75) is 17.0 Å². The molecule has 0 fully saturated rings. The molecular formula is C21H18N4O7S3. The summed E-state index contributed by atoms with van der Waals surface area (Å²) < 4.78 is 62.7. The van der Waals surface area contributed by atoms with Gasteiger partial charge in [-0.2, -0.15) is 23.0 Å². The van der Waals surface area contributed by atoms with Crippen LogP contribution in [0.4, 0.5) is 5.13 Å². The predicted molar refractivity (Wildman–Crippen MR) is 127 cm³/mol. The maximum absolute atomic E-state index is 12.5. The molecule has 0 spiro atoms. The lowest BCUT2D eigenvalue weighted by Crippen LogP contribution is -2.14. The zero-order valence-corrected chi connectivity index (χ0v) is 20.8. The summed E-state index contributed by atoms with van der Waals surface area (Å²) >= 11 is 0.663. The van der Waals surface area contributed by atoms with Gasteiger partial charge in [-0.25, -0.2) is 8.42 Å². The molecule has 1 amide bonds. The molecule has 0 atom stereocenters. The molecule has 182 valence electrons. The number of hydrogen-bond acceptors (Lipinski definition) is 11. The van der Waals surface area contributed by atoms with Gasteiger partial charge in [-0.15, -0.1) is 0 Å². The molecule has 0 bridgehead atoms. The first-order chi connectivity index (χ1) is 16.6. The Bertz CT molecular complexity index is 1520. The number of nitriles is 1. The third-order valence-corrected chi connectivity index (χ3v) is 7.87. The monoisotopic (exact) mass is 534 g/mol. The quantitative estimate of drug-likeness (QED) is 0.245. The number of aromatic nitrogens is 2. The number of ether oxygens (including phenoxy) is 1. The fourth-order valence-corrected chi connectivity index (χ4v) is 5.14. The molecule has 3 rings (SSSR count). The van der Waals surface area contributed by atoms with E-state index in [1.165, 1.54) is 50.4 Å². The molecule has 3 aromatic rings. The minimum atomic E-state index is -4.11. The number of benzene rings is 2. The van der Waals surface area contributed by atoms with Gasteiger partial charge in [0, 0.05) is 11.5 Å². The van der Waals surface area contributed by atoms with E-state index in [4.69, 9.17) is 8.92 Å². The smallest absolute Gasteiger partial charge is 0.339 e. The second-order valence-corrected chi connectivity index (χ2v) is 11.1. The van der Waals surface area contributed by atoms with Crippen LogP contribution in [-0.2, 0) is 24.7 Å². The van der Waals surface area contributed by atoms with Crippen molar-refractivity contribution < 1.29 is 30.6 Å². The second-order valence-electron chi connectivity index (χ2n) is 6.67. The van der Waals surface area contributed by atoms with Crippen molar-refractivity contribution in [1.29, 1.82) is 5.26 Å². The lowest BCUT2D eigenvalue weighted by Gasteiger charge is -2.11. The van der Waals surface area contributed by atoms with Gasteiger partial charge in [0.05, 0.1) is 12.9 Å². The predicted octanol–water partition coefficient (Wildman–Crippen LogP) is 2.65. The summed E-state index contributed by atoms with van der Waals surface area (Å²) in [4.78, 5) is 16.2. The number of carbonyl (C=O) groups is 1. The van der Waals surface area contributed by atoms with Crippen LogP contribution in [-0.4, -0.2) is 45.0 Å². The maximum atomic E-state index is 12.5. The standard InChI is InChI=1S/C21H18N4O7S3/c1-3-34(27,28)21-24-20(33-25-21)23-19(26)15(13-22)11-14-9-10-17(18(12-14)31-2)32-35(29,30)16-7-5-4-6-8-16/h4-12H,3H2,1-2H3,(H,23,24,25,26). The first-order valence-corrected chi connectivity index (χ1v) is 13.6. The lowest BCUT2D eigenvalue weighted by molar-refractivity contribution is -0.112. The largest absolute Gasteiger partial charge is 0.493 e. The summed E-state index contributed by atoms with van der Waals surface area (Å²) in [6.07, 6.45) is 1.23. The number of hydrogen-bond donors (Lipinski definition) is 1. The highest BCUT2D eigenvalue weighted by Gasteiger charge is 2.21. The summed E-state index contributed by atoms with van der Waals surface area (Å²) in [6.45, 7) is 1.44. The van der Waals surface area contributed by atoms with Gasteiger partial charge in [0.2, 0.25) is 15.0 Å². The van der Waals surface area contributed by atoms with Crippen LogP contribution < -0.4 is 14.2 Å². The molecule has 11 nitrogen and oxygen atoms in total. The highest BCUT2D eigenvalue weighted by molar-refractivity contribution is 7.91. The van der Waals surface area contributed by atoms with Crippen molar-refractivity contribution in [3.63, 3.8) is 0 Å². The van der Waals surface area contributed by atoms with E-state index >= 15 is 0 Å². The molecule has 0 saturated carbocycles. The molecule has 0 aliphatic carbocycles. The normalized spacial score (nSPS) is 12.0. The molecule has 1 aromatic heterocycles. The fraction of sp³-hybridized carbons (Fsp3) is 0.143. The minimum absolute atomic E-state index is 0.0407. The van der Waals surface area contributed by atoms with Crippen LogP contribution in [0.3, 0.4) is 0 Å². The van der Waals surface area contributed by atoms with Gasteiger partial charge in [0.1, 0.15) is 16.5 Å². The summed E-state index contributed by atoms with van der Waals surface area (Å²) in [5.41, 5.74) is 0.0113. The average Bonchev–Trinajstić information content (AvgIpc) is 3.33. The van der Waals surface area contributed by atoms with E-state index in [2.05, 4.69) is 14.7 Å². The molecule has 35 heavy (non-hydrogen) atoms. The first-order valence-electron chi connectivity index (χ1n) is 9.77. The van der Waals surface area contributed by atoms with Crippen molar-refractivity contribution in [2.75, 3.05) is 18.2 Å².